The molecule has 0 amide bonds. The Labute approximate surface area is 246 Å². The summed E-state index contributed by atoms with van der Waals surface area (Å²) in [6.07, 6.45) is 10.7. The molecule has 3 aliphatic heterocycles. The minimum absolute atomic E-state index is 0.0989. The second-order valence-electron chi connectivity index (χ2n) is 12.2. The molecule has 0 saturated carbocycles. The lowest BCUT2D eigenvalue weighted by Gasteiger charge is -2.36. The van der Waals surface area contributed by atoms with Crippen molar-refractivity contribution in [2.75, 3.05) is 39.3 Å². The van der Waals surface area contributed by atoms with E-state index in [1.165, 1.54) is 76.7 Å². The Kier molecular flexibility index (Phi) is 10.9. The van der Waals surface area contributed by atoms with E-state index in [0.29, 0.717) is 12.5 Å². The molecule has 2 aromatic carbocycles. The van der Waals surface area contributed by atoms with Gasteiger partial charge in [-0.2, -0.15) is 0 Å². The molecule has 0 aliphatic carbocycles. The molecule has 1 unspecified atom stereocenters. The number of ether oxygens (including phenoxy) is 1. The van der Waals surface area contributed by atoms with Gasteiger partial charge in [0.15, 0.2) is 5.78 Å². The van der Waals surface area contributed by atoms with Crippen molar-refractivity contribution in [2.45, 2.75) is 84.4 Å². The van der Waals surface area contributed by atoms with Crippen LogP contribution in [0.4, 0.5) is 0 Å². The van der Waals surface area contributed by atoms with Crippen molar-refractivity contribution >= 4 is 16.7 Å². The number of rotatable bonds is 8. The van der Waals surface area contributed by atoms with Gasteiger partial charge in [-0.3, -0.25) is 4.79 Å². The maximum Gasteiger partial charge on any atom is 0.162 e. The maximum atomic E-state index is 12.6. The van der Waals surface area contributed by atoms with E-state index in [1.54, 1.807) is 6.92 Å². The van der Waals surface area contributed by atoms with Crippen molar-refractivity contribution in [1.82, 2.24) is 20.1 Å². The molecule has 3 saturated heterocycles. The molecule has 6 heteroatoms. The lowest BCUT2D eigenvalue weighted by molar-refractivity contribution is 0.101. The number of Topliss-reactive ketones (excluding diaryl/α,β-unsaturated/α-hetero) is 1. The van der Waals surface area contributed by atoms with E-state index < -0.39 is 0 Å². The Bertz CT molecular complexity index is 1220. The third-order valence-electron chi connectivity index (χ3n) is 9.20. The summed E-state index contributed by atoms with van der Waals surface area (Å²) >= 11 is 0. The monoisotopic (exact) mass is 558 g/mol. The number of carbonyl (C=O) groups is 1. The summed E-state index contributed by atoms with van der Waals surface area (Å²) in [5, 5.41) is 7.97. The number of nitrogens with zero attached hydrogens (tertiary/aromatic N) is 2. The van der Waals surface area contributed by atoms with E-state index in [0.717, 1.165) is 60.0 Å². The number of aromatic nitrogens is 1. The van der Waals surface area contributed by atoms with Crippen molar-refractivity contribution in [3.63, 3.8) is 0 Å². The predicted molar refractivity (Wildman–Crippen MR) is 169 cm³/mol. The molecule has 6 rings (SSSR count). The summed E-state index contributed by atoms with van der Waals surface area (Å²) in [6.45, 7) is 12.5. The fourth-order valence-corrected chi connectivity index (χ4v) is 6.88. The third-order valence-corrected chi connectivity index (χ3v) is 9.20. The van der Waals surface area contributed by atoms with Gasteiger partial charge in [-0.1, -0.05) is 42.3 Å². The molecule has 3 aromatic rings. The maximum absolute atomic E-state index is 12.6. The van der Waals surface area contributed by atoms with Crippen LogP contribution in [0.15, 0.2) is 48.5 Å². The van der Waals surface area contributed by atoms with Gasteiger partial charge in [-0.25, -0.2) is 0 Å². The Balaban J connectivity index is 0.000000234. The molecule has 222 valence electrons. The molecular formula is C35H50N4O2. The number of hydrogen-bond donors (Lipinski definition) is 2. The zero-order valence-corrected chi connectivity index (χ0v) is 25.3. The van der Waals surface area contributed by atoms with Gasteiger partial charge in [-0.05, 0) is 122 Å². The van der Waals surface area contributed by atoms with E-state index in [1.807, 2.05) is 30.3 Å². The number of aryl methyl sites for hydroxylation is 2. The van der Waals surface area contributed by atoms with Crippen LogP contribution >= 0.6 is 0 Å². The van der Waals surface area contributed by atoms with Gasteiger partial charge in [-0.15, -0.1) is 0 Å². The van der Waals surface area contributed by atoms with Crippen LogP contribution in [-0.4, -0.2) is 60.6 Å². The average molecular weight is 559 g/mol. The molecule has 2 N–H and O–H groups in total. The molecule has 3 fully saturated rings. The average Bonchev–Trinajstić information content (AvgIpc) is 3.35. The summed E-state index contributed by atoms with van der Waals surface area (Å²) in [5.74, 6) is 1.62. The number of likely N-dealkylation sites (tertiary alicyclic amines) is 1. The summed E-state index contributed by atoms with van der Waals surface area (Å²) in [6, 6.07) is 17.2. The van der Waals surface area contributed by atoms with Crippen LogP contribution < -0.4 is 15.4 Å². The third kappa shape index (κ3) is 8.00. The van der Waals surface area contributed by atoms with Crippen molar-refractivity contribution in [3.8, 4) is 5.75 Å². The molecule has 41 heavy (non-hydrogen) atoms. The van der Waals surface area contributed by atoms with Gasteiger partial charge >= 0.3 is 0 Å². The second-order valence-corrected chi connectivity index (χ2v) is 12.2. The molecule has 3 aliphatic rings. The molecule has 0 bridgehead atoms. The highest BCUT2D eigenvalue weighted by molar-refractivity contribution is 6.08. The number of ketones is 1. The number of hydrogen-bond acceptors (Lipinski definition) is 5. The van der Waals surface area contributed by atoms with Crippen LogP contribution in [0.3, 0.4) is 0 Å². The summed E-state index contributed by atoms with van der Waals surface area (Å²) in [7, 11) is 0. The Morgan fingerprint density at radius 1 is 0.902 bits per heavy atom. The van der Waals surface area contributed by atoms with Crippen LogP contribution in [0.1, 0.15) is 79.9 Å². The van der Waals surface area contributed by atoms with Crippen LogP contribution in [0.25, 0.3) is 10.9 Å². The van der Waals surface area contributed by atoms with Crippen LogP contribution in [0, 0.1) is 12.8 Å². The number of fused-ring (bicyclic) bond motifs is 1. The van der Waals surface area contributed by atoms with Crippen LogP contribution in [0.5, 0.6) is 5.75 Å². The van der Waals surface area contributed by atoms with Crippen LogP contribution in [0.2, 0.25) is 0 Å². The van der Waals surface area contributed by atoms with Gasteiger partial charge in [0.2, 0.25) is 0 Å². The van der Waals surface area contributed by atoms with E-state index in [9.17, 15) is 4.79 Å². The standard InChI is InChI=1S/C25H30N2O2.C10H20N2/c1-18-9-11-21(12-10-18)29-17-24-25(19(2)28)22-7-3-4-8-23(22)27(24)15-13-20-6-5-14-26-16-20;1-2-8-12(9-3-1)10-4-6-11-7-5-10/h3-4,7-12,20,26H,5-6,13-17H2,1-2H3;10-11H,1-9H2. The Hall–Kier alpha value is -2.67. The van der Waals surface area contributed by atoms with E-state index in [4.69, 9.17) is 4.74 Å². The highest BCUT2D eigenvalue weighted by Gasteiger charge is 2.23. The number of nitrogens with one attached hydrogen (secondary N) is 2. The first-order valence-corrected chi connectivity index (χ1v) is 16.1. The van der Waals surface area contributed by atoms with Crippen molar-refractivity contribution in [2.24, 2.45) is 5.92 Å². The fraction of sp³-hybridized carbons (Fsp3) is 0.571. The minimum atomic E-state index is 0.0989. The van der Waals surface area contributed by atoms with E-state index in [2.05, 4.69) is 45.2 Å². The van der Waals surface area contributed by atoms with Gasteiger partial charge in [0, 0.05) is 29.1 Å². The smallest absolute Gasteiger partial charge is 0.162 e. The topological polar surface area (TPSA) is 58.5 Å². The molecule has 0 radical (unpaired) electrons. The van der Waals surface area contributed by atoms with Gasteiger partial charge in [0.25, 0.3) is 0 Å². The van der Waals surface area contributed by atoms with Crippen molar-refractivity contribution < 1.29 is 9.53 Å². The summed E-state index contributed by atoms with van der Waals surface area (Å²) in [4.78, 5) is 15.3. The molecule has 4 heterocycles. The normalized spacial score (nSPS) is 20.4. The molecule has 6 nitrogen and oxygen atoms in total. The fourth-order valence-electron chi connectivity index (χ4n) is 6.88. The number of carbonyl (C=O) groups excluding carboxylic acids is 1. The predicted octanol–water partition coefficient (Wildman–Crippen LogP) is 6.35. The van der Waals surface area contributed by atoms with Gasteiger partial charge < -0.3 is 24.8 Å². The highest BCUT2D eigenvalue weighted by atomic mass is 16.5. The van der Waals surface area contributed by atoms with Crippen LogP contribution in [-0.2, 0) is 13.2 Å². The Morgan fingerprint density at radius 3 is 2.37 bits per heavy atom. The molecule has 1 aromatic heterocycles. The SMILES string of the molecule is C1CCN(C2CCNCC2)CC1.CC(=O)c1c(COc2ccc(C)cc2)n(CCC2CCCNC2)c2ccccc12. The number of para-hydroxylation sites is 1. The zero-order valence-electron chi connectivity index (χ0n) is 25.3. The number of benzene rings is 2. The van der Waals surface area contributed by atoms with Crippen molar-refractivity contribution in [3.05, 3.63) is 65.4 Å². The first kappa shape index (κ1) is 29.8. The number of piperidine rings is 3. The lowest BCUT2D eigenvalue weighted by atomic mass is 9.96. The second kappa shape index (κ2) is 15.0. The molecule has 0 spiro atoms. The molecular weight excluding hydrogens is 508 g/mol. The highest BCUT2D eigenvalue weighted by Crippen LogP contribution is 2.29. The lowest BCUT2D eigenvalue weighted by Crippen LogP contribution is -2.45. The summed E-state index contributed by atoms with van der Waals surface area (Å²) < 4.78 is 8.43. The largest absolute Gasteiger partial charge is 0.487 e. The quantitative estimate of drug-likeness (QED) is 0.316. The van der Waals surface area contributed by atoms with Gasteiger partial charge in [0.1, 0.15) is 12.4 Å². The minimum Gasteiger partial charge on any atom is -0.487 e. The first-order chi connectivity index (χ1) is 20.1. The van der Waals surface area contributed by atoms with E-state index in [-0.39, 0.29) is 5.78 Å². The zero-order chi connectivity index (χ0) is 28.4. The van der Waals surface area contributed by atoms with Crippen molar-refractivity contribution in [1.29, 1.82) is 0 Å². The van der Waals surface area contributed by atoms with E-state index >= 15 is 0 Å². The first-order valence-electron chi connectivity index (χ1n) is 16.1. The van der Waals surface area contributed by atoms with Gasteiger partial charge in [0.05, 0.1) is 5.69 Å². The molecule has 1 atom stereocenters. The summed E-state index contributed by atoms with van der Waals surface area (Å²) in [5.41, 5.74) is 4.12. The Morgan fingerprint density at radius 2 is 1.66 bits per heavy atom.